The van der Waals surface area contributed by atoms with E-state index in [9.17, 15) is 75.0 Å². The number of hydrogen-bond acceptors (Lipinski definition) is 10. The Bertz CT molecular complexity index is 1560. The smallest absolute Gasteiger partial charge is 0.379 e. The molecule has 4 aliphatic heterocycles. The average molecular weight is 928 g/mol. The molecule has 0 aromatic carbocycles. The first kappa shape index (κ1) is 48.2. The first-order chi connectivity index (χ1) is 25.2. The highest BCUT2D eigenvalue weighted by Crippen LogP contribution is 2.75. The van der Waals surface area contributed by atoms with E-state index in [4.69, 9.17) is 0 Å². The normalized spacial score (nSPS) is 39.0. The molecule has 10 nitrogen and oxygen atoms in total. The number of ketones is 1. The maximum absolute atomic E-state index is 15.3. The third-order valence-corrected chi connectivity index (χ3v) is 8.09. The molecule has 0 aliphatic carbocycles. The first-order valence-corrected chi connectivity index (χ1v) is 13.6. The number of methoxy groups -OCH3 is 1. The molecule has 0 radical (unpaired) electrons. The molecule has 0 aromatic rings. The van der Waals surface area contributed by atoms with E-state index in [2.05, 4.69) is 42.6 Å². The third-order valence-electron chi connectivity index (χ3n) is 8.09. The summed E-state index contributed by atoms with van der Waals surface area (Å²) >= 11 is 0. The molecule has 4 heterocycles. The fourth-order valence-corrected chi connectivity index (χ4v) is 5.56. The molecule has 4 rings (SSSR count). The van der Waals surface area contributed by atoms with Gasteiger partial charge in [0.15, 0.2) is 0 Å². The second kappa shape index (κ2) is 12.3. The predicted octanol–water partition coefficient (Wildman–Crippen LogP) is 7.56. The molecule has 0 aromatic heterocycles. The topological polar surface area (TPSA) is 100 Å². The Kier molecular flexibility index (Phi) is 10.2. The molecule has 0 saturated carbocycles. The third kappa shape index (κ3) is 5.79. The molecule has 58 heavy (non-hydrogen) atoms. The van der Waals surface area contributed by atoms with Gasteiger partial charge in [0, 0.05) is 14.0 Å². The lowest BCUT2D eigenvalue weighted by atomic mass is 9.78. The van der Waals surface area contributed by atoms with Crippen molar-refractivity contribution < 1.29 is 162 Å². The van der Waals surface area contributed by atoms with Crippen LogP contribution >= 0.6 is 0 Å². The van der Waals surface area contributed by atoms with Crippen molar-refractivity contribution in [2.45, 2.75) is 104 Å². The van der Waals surface area contributed by atoms with Gasteiger partial charge in [-0.1, -0.05) is 0 Å². The van der Waals surface area contributed by atoms with Crippen molar-refractivity contribution in [2.75, 3.05) is 13.7 Å². The standard InChI is InChI=1S/C22H10F26O10/c1-7(23,24)5-51-15(33,34)11(16(35,36)52-5)17(37,38)53-6(54-18(11,39)40)9(25,26)4(49)10(14(30,31)32)57-21(45,46)12(22(47,48)58-10)19(41,42)55-8(3-50-2,13(27,28)29)56-20(12,43)44/h5-6H,3H2,1-2H3. The van der Waals surface area contributed by atoms with Gasteiger partial charge in [-0.05, 0) is 0 Å². The lowest BCUT2D eigenvalue weighted by Crippen LogP contribution is -2.87. The largest absolute Gasteiger partial charge is 0.452 e. The van der Waals surface area contributed by atoms with Gasteiger partial charge in [0.25, 0.3) is 17.5 Å². The quantitative estimate of drug-likeness (QED) is 0.248. The van der Waals surface area contributed by atoms with Crippen molar-refractivity contribution in [3.8, 4) is 0 Å². The zero-order valence-corrected chi connectivity index (χ0v) is 26.3. The van der Waals surface area contributed by atoms with Crippen molar-refractivity contribution >= 4 is 5.78 Å². The van der Waals surface area contributed by atoms with E-state index < -0.39 is 127 Å². The molecule has 4 fully saturated rings. The SMILES string of the molecule is COCC1(C(F)(F)F)OC(F)(F)C2(C(F)(F)O1)C(F)(F)OC(C(=O)C(F)(F)C1OC(F)(F)C3(C(F)(F)OC(C(C)(F)F)OC3(F)F)C(F)(F)O1)(C(F)(F)F)OC2(F)F. The minimum Gasteiger partial charge on any atom is -0.379 e. The average Bonchev–Trinajstić information content (AvgIpc) is 2.89. The van der Waals surface area contributed by atoms with Crippen LogP contribution in [-0.4, -0.2) is 117 Å². The van der Waals surface area contributed by atoms with E-state index in [-0.39, 0.29) is 7.11 Å². The molecule has 340 valence electrons. The van der Waals surface area contributed by atoms with E-state index in [0.29, 0.717) is 0 Å². The summed E-state index contributed by atoms with van der Waals surface area (Å²) in [6.45, 7) is -3.56. The Morgan fingerprint density at radius 2 is 0.776 bits per heavy atom. The number of carbonyl (C=O) groups is 1. The summed E-state index contributed by atoms with van der Waals surface area (Å²) in [6.07, 6.45) is -88.3. The first-order valence-electron chi connectivity index (χ1n) is 13.6. The number of rotatable bonds is 6. The summed E-state index contributed by atoms with van der Waals surface area (Å²) in [5, 5.41) is 0. The Hall–Kier alpha value is -2.51. The predicted molar refractivity (Wildman–Crippen MR) is 111 cm³/mol. The Morgan fingerprint density at radius 1 is 0.483 bits per heavy atom. The van der Waals surface area contributed by atoms with Gasteiger partial charge in [-0.3, -0.25) is 42.7 Å². The van der Waals surface area contributed by atoms with Gasteiger partial charge in [0.2, 0.25) is 12.6 Å². The lowest BCUT2D eigenvalue weighted by molar-refractivity contribution is -0.683. The van der Waals surface area contributed by atoms with Crippen LogP contribution in [-0.2, 0) is 47.4 Å². The fraction of sp³-hybridized carbons (Fsp3) is 0.955. The second-order valence-electron chi connectivity index (χ2n) is 11.9. The van der Waals surface area contributed by atoms with Crippen LogP contribution in [0.3, 0.4) is 0 Å². The van der Waals surface area contributed by atoms with Gasteiger partial charge >= 0.3 is 83.8 Å². The summed E-state index contributed by atoms with van der Waals surface area (Å²) in [5.41, 5.74) is -15.6. The van der Waals surface area contributed by atoms with E-state index in [1.54, 1.807) is 0 Å². The molecule has 0 amide bonds. The minimum atomic E-state index is -8.32. The number of Topliss-reactive ketones (excluding diaryl/α,β-unsaturated/α-hetero) is 1. The van der Waals surface area contributed by atoms with Crippen LogP contribution in [0.15, 0.2) is 0 Å². The van der Waals surface area contributed by atoms with E-state index >= 15 is 43.9 Å². The van der Waals surface area contributed by atoms with Gasteiger partial charge in [-0.2, -0.15) is 105 Å². The summed E-state index contributed by atoms with van der Waals surface area (Å²) < 4.78 is 404. The highest BCUT2D eigenvalue weighted by molar-refractivity contribution is 5.93. The molecular formula is C22H10F26O10. The van der Waals surface area contributed by atoms with Crippen LogP contribution in [0.4, 0.5) is 114 Å². The highest BCUT2D eigenvalue weighted by atomic mass is 19.4. The summed E-state index contributed by atoms with van der Waals surface area (Å²) in [7, 11) is -0.0115. The van der Waals surface area contributed by atoms with E-state index in [1.807, 2.05) is 0 Å². The van der Waals surface area contributed by atoms with Gasteiger partial charge < -0.3 is 4.74 Å². The van der Waals surface area contributed by atoms with Gasteiger partial charge in [-0.15, -0.1) is 0 Å². The van der Waals surface area contributed by atoms with Crippen molar-refractivity contribution in [1.29, 1.82) is 0 Å². The Morgan fingerprint density at radius 3 is 1.05 bits per heavy atom. The number of halogens is 26. The highest BCUT2D eigenvalue weighted by Gasteiger charge is 3.04. The number of alkyl halides is 26. The molecular weight excluding hydrogens is 918 g/mol. The van der Waals surface area contributed by atoms with Crippen LogP contribution in [0.1, 0.15) is 6.92 Å². The van der Waals surface area contributed by atoms with Crippen molar-refractivity contribution in [2.24, 2.45) is 10.8 Å². The Balaban J connectivity index is 1.88. The molecule has 0 bridgehead atoms. The zero-order valence-electron chi connectivity index (χ0n) is 26.3. The van der Waals surface area contributed by atoms with Crippen LogP contribution < -0.4 is 0 Å². The fourth-order valence-electron chi connectivity index (χ4n) is 5.56. The monoisotopic (exact) mass is 928 g/mol. The zero-order chi connectivity index (χ0) is 45.8. The maximum atomic E-state index is 15.3. The van der Waals surface area contributed by atoms with Crippen molar-refractivity contribution in [1.82, 2.24) is 0 Å². The lowest BCUT2D eigenvalue weighted by Gasteiger charge is -2.60. The second-order valence-corrected chi connectivity index (χ2v) is 11.9. The van der Waals surface area contributed by atoms with Gasteiger partial charge in [0.1, 0.15) is 6.61 Å². The Labute approximate surface area is 297 Å². The molecule has 0 N–H and O–H groups in total. The molecule has 0 unspecified atom stereocenters. The van der Waals surface area contributed by atoms with Crippen LogP contribution in [0.5, 0.6) is 0 Å². The molecule has 4 aliphatic rings. The van der Waals surface area contributed by atoms with Gasteiger partial charge in [0.05, 0.1) is 0 Å². The minimum absolute atomic E-state index is 0.0115. The molecule has 4 saturated heterocycles. The number of ether oxygens (including phenoxy) is 9. The van der Waals surface area contributed by atoms with E-state index in [0.717, 1.165) is 0 Å². The summed E-state index contributed by atoms with van der Waals surface area (Å²) in [6, 6.07) is 0. The molecule has 2 spiro atoms. The molecule has 36 heteroatoms. The van der Waals surface area contributed by atoms with Gasteiger partial charge in [-0.25, -0.2) is 8.78 Å². The maximum Gasteiger partial charge on any atom is 0.452 e. The summed E-state index contributed by atoms with van der Waals surface area (Å²) in [4.78, 5) is 12.5. The van der Waals surface area contributed by atoms with Crippen LogP contribution in [0.25, 0.3) is 0 Å². The van der Waals surface area contributed by atoms with Crippen molar-refractivity contribution in [3.05, 3.63) is 0 Å². The van der Waals surface area contributed by atoms with Crippen LogP contribution in [0, 0.1) is 10.8 Å². The summed E-state index contributed by atoms with van der Waals surface area (Å²) in [5.74, 6) is -32.2. The van der Waals surface area contributed by atoms with Crippen LogP contribution in [0.2, 0.25) is 0 Å². The molecule has 0 atom stereocenters. The number of carbonyl (C=O) groups excluding carboxylic acids is 1. The number of hydrogen-bond donors (Lipinski definition) is 0. The van der Waals surface area contributed by atoms with E-state index in [1.165, 1.54) is 0 Å². The van der Waals surface area contributed by atoms with Crippen molar-refractivity contribution in [3.63, 3.8) is 0 Å².